The third kappa shape index (κ3) is 3.80. The lowest BCUT2D eigenvalue weighted by molar-refractivity contribution is 0.432. The number of aromatic nitrogens is 2. The molecule has 9 heteroatoms. The molecular formula is C20H12Cl2N4O2S. The molecule has 0 unspecified atom stereocenters. The number of rotatable bonds is 3. The van der Waals surface area contributed by atoms with Crippen molar-refractivity contribution in [1.82, 2.24) is 9.55 Å². The number of hydrogen-bond acceptors (Lipinski definition) is 5. The lowest BCUT2D eigenvalue weighted by atomic mass is 10.2. The minimum absolute atomic E-state index is 0.0386. The topological polar surface area (TPSA) is 82.7 Å². The number of nitrogens with one attached hydrogen (secondary N) is 1. The molecule has 0 saturated heterocycles. The van der Waals surface area contributed by atoms with Crippen molar-refractivity contribution >= 4 is 52.5 Å². The van der Waals surface area contributed by atoms with Gasteiger partial charge in [-0.3, -0.25) is 14.3 Å². The second-order valence-corrected chi connectivity index (χ2v) is 7.22. The number of H-pyrrole nitrogens is 1. The summed E-state index contributed by atoms with van der Waals surface area (Å²) in [4.78, 5) is 23.6. The number of nitrogens with zero attached hydrogens (tertiary/aromatic N) is 3. The van der Waals surface area contributed by atoms with Crippen LogP contribution in [0.1, 0.15) is 11.1 Å². The first-order valence-electron chi connectivity index (χ1n) is 8.38. The number of aliphatic imine (C=N–C) groups is 2. The Bertz CT molecular complexity index is 1310. The molecule has 0 fully saturated rings. The van der Waals surface area contributed by atoms with Crippen LogP contribution in [-0.2, 0) is 0 Å². The molecule has 0 saturated carbocycles. The van der Waals surface area contributed by atoms with Gasteiger partial charge < -0.3 is 5.11 Å². The zero-order chi connectivity index (χ0) is 20.5. The zero-order valence-corrected chi connectivity index (χ0v) is 17.0. The van der Waals surface area contributed by atoms with E-state index in [9.17, 15) is 9.90 Å². The maximum atomic E-state index is 12.5. The van der Waals surface area contributed by atoms with Crippen LogP contribution in [0.3, 0.4) is 0 Å². The fourth-order valence-corrected chi connectivity index (χ4v) is 3.37. The van der Waals surface area contributed by atoms with Gasteiger partial charge in [0.05, 0.1) is 5.69 Å². The lowest BCUT2D eigenvalue weighted by Gasteiger charge is -2.11. The normalized spacial score (nSPS) is 14.8. The van der Waals surface area contributed by atoms with Crippen LogP contribution in [0, 0.1) is 4.77 Å². The van der Waals surface area contributed by atoms with E-state index in [0.717, 1.165) is 5.56 Å². The van der Waals surface area contributed by atoms with E-state index in [1.165, 1.54) is 10.6 Å². The number of aromatic hydroxyl groups is 1. The first-order valence-corrected chi connectivity index (χ1v) is 9.55. The van der Waals surface area contributed by atoms with Crippen molar-refractivity contribution in [2.75, 3.05) is 0 Å². The fourth-order valence-electron chi connectivity index (χ4n) is 2.78. The first kappa shape index (κ1) is 19.3. The second kappa shape index (κ2) is 7.79. The lowest BCUT2D eigenvalue weighted by Crippen LogP contribution is -2.16. The maximum absolute atomic E-state index is 12.5. The summed E-state index contributed by atoms with van der Waals surface area (Å²) in [7, 11) is 0. The predicted octanol–water partition coefficient (Wildman–Crippen LogP) is 4.69. The Morgan fingerprint density at radius 3 is 2.41 bits per heavy atom. The van der Waals surface area contributed by atoms with Crippen LogP contribution in [0.15, 0.2) is 75.1 Å². The largest absolute Gasteiger partial charge is 0.494 e. The van der Waals surface area contributed by atoms with Gasteiger partial charge in [0.1, 0.15) is 11.3 Å². The van der Waals surface area contributed by atoms with Crippen molar-refractivity contribution in [1.29, 1.82) is 0 Å². The summed E-state index contributed by atoms with van der Waals surface area (Å²) in [5.41, 5.74) is 0.955. The number of allylic oxidation sites excluding steroid dienone is 1. The van der Waals surface area contributed by atoms with E-state index in [-0.39, 0.29) is 27.1 Å². The molecule has 1 aromatic heterocycles. The number of hydrogen-bond donors (Lipinski definition) is 2. The Hall–Kier alpha value is -3.00. The van der Waals surface area contributed by atoms with E-state index in [2.05, 4.69) is 15.0 Å². The van der Waals surface area contributed by atoms with Crippen molar-refractivity contribution in [3.05, 3.63) is 91.6 Å². The first-order chi connectivity index (χ1) is 13.9. The van der Waals surface area contributed by atoms with Gasteiger partial charge in [-0.25, -0.2) is 9.98 Å². The van der Waals surface area contributed by atoms with Crippen molar-refractivity contribution in [2.24, 2.45) is 9.98 Å². The minimum Gasteiger partial charge on any atom is -0.494 e. The highest BCUT2D eigenvalue weighted by atomic mass is 35.5. The summed E-state index contributed by atoms with van der Waals surface area (Å²) in [6.45, 7) is 0. The minimum atomic E-state index is -0.571. The zero-order valence-electron chi connectivity index (χ0n) is 14.6. The van der Waals surface area contributed by atoms with Crippen LogP contribution in [-0.4, -0.2) is 25.7 Å². The molecule has 144 valence electrons. The fraction of sp³-hybridized carbons (Fsp3) is 0. The standard InChI is InChI=1S/C20H12Cl2N4O2S/c21-12-6-8-13(9-7-12)26-19(28)14(18(27)25-20(26)29)10-15-16(22)24-17(23-15)11-4-2-1-3-5-11/h1-10,28H,(H,25,27,29). The van der Waals surface area contributed by atoms with Gasteiger partial charge >= 0.3 is 0 Å². The van der Waals surface area contributed by atoms with Crippen molar-refractivity contribution in [2.45, 2.75) is 0 Å². The number of benzene rings is 2. The monoisotopic (exact) mass is 442 g/mol. The van der Waals surface area contributed by atoms with Gasteiger partial charge in [0.25, 0.3) is 5.56 Å². The number of amidine groups is 1. The Kier molecular flexibility index (Phi) is 5.19. The van der Waals surface area contributed by atoms with Gasteiger partial charge in [-0.05, 0) is 42.6 Å². The number of aromatic amines is 1. The Labute approximate surface area is 180 Å². The predicted molar refractivity (Wildman–Crippen MR) is 118 cm³/mol. The molecule has 0 radical (unpaired) electrons. The van der Waals surface area contributed by atoms with Crippen molar-refractivity contribution in [3.8, 4) is 11.6 Å². The molecule has 3 aromatic rings. The van der Waals surface area contributed by atoms with Crippen LogP contribution in [0.4, 0.5) is 0 Å². The molecule has 0 amide bonds. The molecule has 0 atom stereocenters. The molecule has 0 aliphatic carbocycles. The van der Waals surface area contributed by atoms with Gasteiger partial charge in [0.2, 0.25) is 5.88 Å². The van der Waals surface area contributed by atoms with Crippen LogP contribution in [0.2, 0.25) is 5.02 Å². The quantitative estimate of drug-likeness (QED) is 0.576. The highest BCUT2D eigenvalue weighted by Crippen LogP contribution is 2.25. The van der Waals surface area contributed by atoms with Gasteiger partial charge in [-0.1, -0.05) is 53.5 Å². The van der Waals surface area contributed by atoms with E-state index in [1.807, 2.05) is 30.3 Å². The van der Waals surface area contributed by atoms with Gasteiger partial charge in [0.15, 0.2) is 15.8 Å². The van der Waals surface area contributed by atoms with E-state index in [1.54, 1.807) is 24.3 Å². The number of halogens is 2. The van der Waals surface area contributed by atoms with Gasteiger partial charge in [0, 0.05) is 10.6 Å². The van der Waals surface area contributed by atoms with E-state index in [4.69, 9.17) is 35.4 Å². The smallest absolute Gasteiger partial charge is 0.262 e. The van der Waals surface area contributed by atoms with Crippen LogP contribution in [0.5, 0.6) is 5.88 Å². The third-order valence-corrected chi connectivity index (χ3v) is 4.98. The van der Waals surface area contributed by atoms with Crippen LogP contribution < -0.4 is 5.56 Å². The molecule has 1 aliphatic rings. The van der Waals surface area contributed by atoms with E-state index in [0.29, 0.717) is 16.5 Å². The summed E-state index contributed by atoms with van der Waals surface area (Å²) in [5.74, 6) is 0.0737. The average molecular weight is 443 g/mol. The highest BCUT2D eigenvalue weighted by Gasteiger charge is 2.19. The maximum Gasteiger partial charge on any atom is 0.262 e. The molecule has 29 heavy (non-hydrogen) atoms. The summed E-state index contributed by atoms with van der Waals surface area (Å²) < 4.78 is 1.36. The molecule has 4 rings (SSSR count). The Morgan fingerprint density at radius 1 is 1.03 bits per heavy atom. The molecule has 0 spiro atoms. The van der Waals surface area contributed by atoms with Crippen molar-refractivity contribution in [3.63, 3.8) is 0 Å². The van der Waals surface area contributed by atoms with Gasteiger partial charge in [-0.15, -0.1) is 0 Å². The van der Waals surface area contributed by atoms with E-state index < -0.39 is 5.56 Å². The van der Waals surface area contributed by atoms with E-state index >= 15 is 0 Å². The van der Waals surface area contributed by atoms with Crippen LogP contribution in [0.25, 0.3) is 11.8 Å². The second-order valence-electron chi connectivity index (χ2n) is 6.04. The Morgan fingerprint density at radius 2 is 1.72 bits per heavy atom. The SMILES string of the molecule is O=c1[nH]c(=S)n(-c2ccc(Cl)cc2)c(O)c1C=C1N=C(c2ccccc2)N=C1Cl. The summed E-state index contributed by atoms with van der Waals surface area (Å²) in [6.07, 6.45) is 1.37. The molecule has 2 heterocycles. The van der Waals surface area contributed by atoms with Crippen LogP contribution >= 0.6 is 35.4 Å². The summed E-state index contributed by atoms with van der Waals surface area (Å²) >= 11 is 17.3. The Balaban J connectivity index is 1.84. The molecule has 6 nitrogen and oxygen atoms in total. The molecule has 0 bridgehead atoms. The summed E-state index contributed by atoms with van der Waals surface area (Å²) in [5, 5.41) is 11.4. The average Bonchev–Trinajstić information content (AvgIpc) is 3.07. The molecule has 2 N–H and O–H groups in total. The van der Waals surface area contributed by atoms with Gasteiger partial charge in [-0.2, -0.15) is 0 Å². The molecular weight excluding hydrogens is 431 g/mol. The highest BCUT2D eigenvalue weighted by molar-refractivity contribution is 7.71. The summed E-state index contributed by atoms with van der Waals surface area (Å²) in [6, 6.07) is 15.9. The van der Waals surface area contributed by atoms with Crippen molar-refractivity contribution < 1.29 is 5.11 Å². The molecule has 1 aliphatic heterocycles. The molecule has 2 aromatic carbocycles. The third-order valence-electron chi connectivity index (χ3n) is 4.16.